The van der Waals surface area contributed by atoms with Gasteiger partial charge in [-0.25, -0.2) is 4.98 Å². The molecule has 7 heteroatoms. The van der Waals surface area contributed by atoms with E-state index in [0.717, 1.165) is 23.4 Å². The minimum Gasteiger partial charge on any atom is -0.309 e. The molecule has 31 heavy (non-hydrogen) atoms. The molecule has 0 fully saturated rings. The SMILES string of the molecule is Cc1ccc(-n2c(C)nc3nc(N4c5ccccc5CC4C)[nH]c(=O)c3c2=S)c(C)c1. The van der Waals surface area contributed by atoms with Crippen LogP contribution in [0.15, 0.2) is 47.3 Å². The summed E-state index contributed by atoms with van der Waals surface area (Å²) < 4.78 is 2.28. The third-order valence-corrected chi connectivity index (χ3v) is 6.31. The third-order valence-electron chi connectivity index (χ3n) is 5.92. The fraction of sp³-hybridized carbons (Fsp3) is 0.250. The van der Waals surface area contributed by atoms with Crippen LogP contribution in [-0.4, -0.2) is 25.6 Å². The lowest BCUT2D eigenvalue weighted by Crippen LogP contribution is -2.28. The summed E-state index contributed by atoms with van der Waals surface area (Å²) in [4.78, 5) is 27.7. The minimum atomic E-state index is -0.271. The van der Waals surface area contributed by atoms with Crippen LogP contribution in [0.4, 0.5) is 11.6 Å². The third kappa shape index (κ3) is 3.08. The molecule has 1 aliphatic heterocycles. The normalized spacial score (nSPS) is 15.5. The molecule has 0 aliphatic carbocycles. The molecule has 4 aromatic rings. The van der Waals surface area contributed by atoms with E-state index in [1.165, 1.54) is 11.1 Å². The van der Waals surface area contributed by atoms with Gasteiger partial charge in [-0.3, -0.25) is 14.3 Å². The van der Waals surface area contributed by atoms with Crippen molar-refractivity contribution in [3.8, 4) is 5.69 Å². The number of nitrogens with one attached hydrogen (secondary N) is 1. The van der Waals surface area contributed by atoms with E-state index in [0.29, 0.717) is 27.4 Å². The molecule has 0 saturated carbocycles. The molecule has 1 unspecified atom stereocenters. The number of anilines is 2. The topological polar surface area (TPSA) is 66.8 Å². The number of aromatic amines is 1. The lowest BCUT2D eigenvalue weighted by Gasteiger charge is -2.23. The Bertz CT molecular complexity index is 1470. The van der Waals surface area contributed by atoms with Crippen molar-refractivity contribution < 1.29 is 0 Å². The lowest BCUT2D eigenvalue weighted by atomic mass is 10.1. The number of nitrogens with zero attached hydrogens (tertiary/aromatic N) is 4. The maximum atomic E-state index is 13.2. The smallest absolute Gasteiger partial charge is 0.264 e. The Labute approximate surface area is 185 Å². The highest BCUT2D eigenvalue weighted by Gasteiger charge is 2.29. The molecule has 0 radical (unpaired) electrons. The van der Waals surface area contributed by atoms with E-state index in [4.69, 9.17) is 17.2 Å². The second-order valence-electron chi connectivity index (χ2n) is 8.23. The molecule has 0 spiro atoms. The average molecular weight is 430 g/mol. The lowest BCUT2D eigenvalue weighted by molar-refractivity contribution is 0.739. The first kappa shape index (κ1) is 19.6. The molecule has 3 heterocycles. The molecule has 0 amide bonds. The summed E-state index contributed by atoms with van der Waals surface area (Å²) in [5.41, 5.74) is 5.58. The Morgan fingerprint density at radius 3 is 2.61 bits per heavy atom. The van der Waals surface area contributed by atoms with Crippen molar-refractivity contribution in [2.45, 2.75) is 40.2 Å². The monoisotopic (exact) mass is 429 g/mol. The highest BCUT2D eigenvalue weighted by atomic mass is 32.1. The highest BCUT2D eigenvalue weighted by Crippen LogP contribution is 2.36. The summed E-state index contributed by atoms with van der Waals surface area (Å²) in [6.45, 7) is 8.10. The number of aromatic nitrogens is 4. The van der Waals surface area contributed by atoms with Crippen molar-refractivity contribution in [1.29, 1.82) is 0 Å². The summed E-state index contributed by atoms with van der Waals surface area (Å²) in [5, 5.41) is 0.337. The van der Waals surface area contributed by atoms with Gasteiger partial charge < -0.3 is 4.90 Å². The molecule has 1 aliphatic rings. The van der Waals surface area contributed by atoms with Crippen LogP contribution < -0.4 is 10.5 Å². The van der Waals surface area contributed by atoms with Crippen molar-refractivity contribution in [3.05, 3.63) is 80.0 Å². The number of para-hydroxylation sites is 1. The predicted molar refractivity (Wildman–Crippen MR) is 126 cm³/mol. The van der Waals surface area contributed by atoms with Crippen LogP contribution in [0.2, 0.25) is 0 Å². The van der Waals surface area contributed by atoms with Gasteiger partial charge in [0.1, 0.15) is 15.9 Å². The molecule has 0 bridgehead atoms. The number of hydrogen-bond donors (Lipinski definition) is 1. The van der Waals surface area contributed by atoms with Gasteiger partial charge in [0.05, 0.1) is 5.69 Å². The zero-order valence-electron chi connectivity index (χ0n) is 17.9. The van der Waals surface area contributed by atoms with Gasteiger partial charge >= 0.3 is 0 Å². The van der Waals surface area contributed by atoms with E-state index in [9.17, 15) is 4.79 Å². The largest absolute Gasteiger partial charge is 0.309 e. The van der Waals surface area contributed by atoms with Gasteiger partial charge in [-0.15, -0.1) is 0 Å². The molecular formula is C24H23N5OS. The first-order chi connectivity index (χ1) is 14.8. The van der Waals surface area contributed by atoms with E-state index in [2.05, 4.69) is 46.9 Å². The minimum absolute atomic E-state index is 0.186. The first-order valence-electron chi connectivity index (χ1n) is 10.3. The number of H-pyrrole nitrogens is 1. The second kappa shape index (κ2) is 7.13. The quantitative estimate of drug-likeness (QED) is 0.462. The van der Waals surface area contributed by atoms with Crippen LogP contribution in [0.3, 0.4) is 0 Å². The van der Waals surface area contributed by atoms with Gasteiger partial charge in [-0.05, 0) is 57.4 Å². The Morgan fingerprint density at radius 1 is 1.06 bits per heavy atom. The zero-order chi connectivity index (χ0) is 21.9. The summed E-state index contributed by atoms with van der Waals surface area (Å²) in [5.74, 6) is 1.20. The summed E-state index contributed by atoms with van der Waals surface area (Å²) in [7, 11) is 0. The molecule has 1 N–H and O–H groups in total. The number of aryl methyl sites for hydroxylation is 3. The summed E-state index contributed by atoms with van der Waals surface area (Å²) >= 11 is 5.76. The molecule has 5 rings (SSSR count). The number of fused-ring (bicyclic) bond motifs is 2. The van der Waals surface area contributed by atoms with Crippen LogP contribution in [0.5, 0.6) is 0 Å². The van der Waals surface area contributed by atoms with Gasteiger partial charge in [-0.1, -0.05) is 48.1 Å². The van der Waals surface area contributed by atoms with E-state index in [1.54, 1.807) is 0 Å². The van der Waals surface area contributed by atoms with E-state index >= 15 is 0 Å². The molecule has 0 saturated heterocycles. The zero-order valence-corrected chi connectivity index (χ0v) is 18.7. The van der Waals surface area contributed by atoms with E-state index in [-0.39, 0.29) is 11.6 Å². The van der Waals surface area contributed by atoms with Crippen molar-refractivity contribution in [3.63, 3.8) is 0 Å². The number of hydrogen-bond acceptors (Lipinski definition) is 5. The summed E-state index contributed by atoms with van der Waals surface area (Å²) in [6, 6.07) is 14.5. The fourth-order valence-electron chi connectivity index (χ4n) is 4.53. The number of benzene rings is 2. The van der Waals surface area contributed by atoms with Gasteiger partial charge in [0, 0.05) is 11.7 Å². The van der Waals surface area contributed by atoms with Crippen LogP contribution in [0.25, 0.3) is 16.7 Å². The molecule has 2 aromatic carbocycles. The first-order valence-corrected chi connectivity index (χ1v) is 10.7. The maximum absolute atomic E-state index is 13.2. The molecular weight excluding hydrogens is 406 g/mol. The van der Waals surface area contributed by atoms with Crippen molar-refractivity contribution >= 4 is 34.9 Å². The Balaban J connectivity index is 1.73. The van der Waals surface area contributed by atoms with Crippen LogP contribution >= 0.6 is 12.2 Å². The Kier molecular flexibility index (Phi) is 4.51. The Hall–Kier alpha value is -3.32. The predicted octanol–water partition coefficient (Wildman–Crippen LogP) is 4.85. The molecule has 156 valence electrons. The standard InChI is InChI=1S/C24H23N5OS/c1-13-9-10-18(14(2)11-13)29-16(4)25-21-20(23(29)31)22(30)27-24(26-21)28-15(3)12-17-7-5-6-8-19(17)28/h5-11,15H,12H2,1-4H3,(H,26,27,30). The van der Waals surface area contributed by atoms with Crippen LogP contribution in [0, 0.1) is 25.4 Å². The van der Waals surface area contributed by atoms with E-state index < -0.39 is 0 Å². The van der Waals surface area contributed by atoms with Crippen LogP contribution in [0.1, 0.15) is 29.4 Å². The molecule has 1 atom stereocenters. The van der Waals surface area contributed by atoms with Crippen molar-refractivity contribution in [1.82, 2.24) is 19.5 Å². The van der Waals surface area contributed by atoms with Gasteiger partial charge in [-0.2, -0.15) is 4.98 Å². The van der Waals surface area contributed by atoms with Gasteiger partial charge in [0.15, 0.2) is 5.65 Å². The van der Waals surface area contributed by atoms with Crippen molar-refractivity contribution in [2.24, 2.45) is 0 Å². The summed E-state index contributed by atoms with van der Waals surface area (Å²) in [6.07, 6.45) is 0.901. The highest BCUT2D eigenvalue weighted by molar-refractivity contribution is 7.71. The Morgan fingerprint density at radius 2 is 1.84 bits per heavy atom. The van der Waals surface area contributed by atoms with E-state index in [1.807, 2.05) is 42.7 Å². The van der Waals surface area contributed by atoms with Gasteiger partial charge in [0.25, 0.3) is 5.56 Å². The van der Waals surface area contributed by atoms with Gasteiger partial charge in [0.2, 0.25) is 5.95 Å². The average Bonchev–Trinajstić information content (AvgIpc) is 3.04. The molecule has 2 aromatic heterocycles. The number of rotatable bonds is 2. The molecule has 6 nitrogen and oxygen atoms in total. The second-order valence-corrected chi connectivity index (χ2v) is 8.62. The van der Waals surface area contributed by atoms with Crippen molar-refractivity contribution in [2.75, 3.05) is 4.90 Å². The van der Waals surface area contributed by atoms with Crippen LogP contribution in [-0.2, 0) is 6.42 Å². The maximum Gasteiger partial charge on any atom is 0.264 e. The fourth-order valence-corrected chi connectivity index (χ4v) is 4.94.